The summed E-state index contributed by atoms with van der Waals surface area (Å²) in [4.78, 5) is 0. The van der Waals surface area contributed by atoms with Crippen LogP contribution in [0.2, 0.25) is 0 Å². The Morgan fingerprint density at radius 3 is 3.15 bits per heavy atom. The van der Waals surface area contributed by atoms with Gasteiger partial charge in [-0.3, -0.25) is 0 Å². The zero-order chi connectivity index (χ0) is 9.10. The fraction of sp³-hybridized carbons (Fsp3) is 0.800. The van der Waals surface area contributed by atoms with Crippen molar-refractivity contribution in [2.45, 2.75) is 25.4 Å². The van der Waals surface area contributed by atoms with Gasteiger partial charge in [0.2, 0.25) is 0 Å². The van der Waals surface area contributed by atoms with Gasteiger partial charge in [0, 0.05) is 18.9 Å². The molecule has 2 aliphatic heterocycles. The maximum Gasteiger partial charge on any atom is 0.161 e. The molecule has 0 aliphatic carbocycles. The summed E-state index contributed by atoms with van der Waals surface area (Å²) >= 11 is 0. The third-order valence-corrected chi connectivity index (χ3v) is 2.75. The van der Waals surface area contributed by atoms with Crippen LogP contribution >= 0.6 is 0 Å². The summed E-state index contributed by atoms with van der Waals surface area (Å²) in [7, 11) is 0. The minimum absolute atomic E-state index is 0.123. The number of rotatable bonds is 2. The molecule has 0 amide bonds. The molecule has 0 spiro atoms. The number of piperidine rings is 1. The van der Waals surface area contributed by atoms with Gasteiger partial charge in [-0.15, -0.1) is 0 Å². The summed E-state index contributed by atoms with van der Waals surface area (Å²) in [6.45, 7) is 2.49. The molecule has 2 heterocycles. The van der Waals surface area contributed by atoms with Crippen molar-refractivity contribution in [1.29, 1.82) is 0 Å². The van der Waals surface area contributed by atoms with Crippen LogP contribution in [-0.4, -0.2) is 25.9 Å². The van der Waals surface area contributed by atoms with Gasteiger partial charge in [0.15, 0.2) is 6.17 Å². The molecule has 1 fully saturated rings. The maximum absolute atomic E-state index is 13.8. The van der Waals surface area contributed by atoms with Gasteiger partial charge < -0.3 is 10.1 Å². The summed E-state index contributed by atoms with van der Waals surface area (Å²) in [5.74, 6) is 0.701. The van der Waals surface area contributed by atoms with Crippen LogP contribution in [0.3, 0.4) is 0 Å². The first-order valence-electron chi connectivity index (χ1n) is 5.05. The summed E-state index contributed by atoms with van der Waals surface area (Å²) in [5.41, 5.74) is 0. The van der Waals surface area contributed by atoms with Gasteiger partial charge in [-0.2, -0.15) is 0 Å². The summed E-state index contributed by atoms with van der Waals surface area (Å²) < 4.78 is 19.0. The fourth-order valence-corrected chi connectivity index (χ4v) is 1.99. The number of nitrogens with one attached hydrogen (secondary N) is 1. The molecule has 1 saturated heterocycles. The highest BCUT2D eigenvalue weighted by Crippen LogP contribution is 2.26. The molecule has 0 radical (unpaired) electrons. The zero-order valence-corrected chi connectivity index (χ0v) is 7.76. The molecule has 0 aromatic carbocycles. The third kappa shape index (κ3) is 2.02. The molecule has 3 heteroatoms. The van der Waals surface area contributed by atoms with Crippen LogP contribution in [0.5, 0.6) is 0 Å². The Morgan fingerprint density at radius 1 is 1.62 bits per heavy atom. The largest absolute Gasteiger partial charge is 0.495 e. The maximum atomic E-state index is 13.8. The lowest BCUT2D eigenvalue weighted by molar-refractivity contribution is 0.130. The van der Waals surface area contributed by atoms with Crippen molar-refractivity contribution >= 4 is 0 Å². The van der Waals surface area contributed by atoms with Gasteiger partial charge in [0.05, 0.1) is 6.61 Å². The lowest BCUT2D eigenvalue weighted by Crippen LogP contribution is -2.35. The van der Waals surface area contributed by atoms with Crippen molar-refractivity contribution in [3.63, 3.8) is 0 Å². The number of halogens is 1. The lowest BCUT2D eigenvalue weighted by atomic mass is 9.93. The first-order valence-corrected chi connectivity index (χ1v) is 5.05. The SMILES string of the molecule is FC(C1=CCCO1)C1CCCNC1. The molecule has 0 saturated carbocycles. The van der Waals surface area contributed by atoms with Crippen molar-refractivity contribution in [3.8, 4) is 0 Å². The van der Waals surface area contributed by atoms with E-state index in [0.29, 0.717) is 12.4 Å². The van der Waals surface area contributed by atoms with E-state index in [9.17, 15) is 4.39 Å². The monoisotopic (exact) mass is 185 g/mol. The second-order valence-corrected chi connectivity index (χ2v) is 3.75. The highest BCUT2D eigenvalue weighted by atomic mass is 19.1. The Labute approximate surface area is 78.2 Å². The molecule has 74 valence electrons. The quantitative estimate of drug-likeness (QED) is 0.706. The molecule has 2 nitrogen and oxygen atoms in total. The van der Waals surface area contributed by atoms with Crippen molar-refractivity contribution < 1.29 is 9.13 Å². The van der Waals surface area contributed by atoms with Gasteiger partial charge in [0.25, 0.3) is 0 Å². The third-order valence-electron chi connectivity index (χ3n) is 2.75. The number of ether oxygens (including phenoxy) is 1. The van der Waals surface area contributed by atoms with Crippen LogP contribution in [0.1, 0.15) is 19.3 Å². The minimum atomic E-state index is -0.879. The van der Waals surface area contributed by atoms with E-state index in [1.54, 1.807) is 0 Å². The number of hydrogen-bond acceptors (Lipinski definition) is 2. The standard InChI is InChI=1S/C10H16FNO/c11-10(9-4-2-6-13-9)8-3-1-5-12-7-8/h4,8,10,12H,1-3,5-7H2. The molecule has 1 N–H and O–H groups in total. The van der Waals surface area contributed by atoms with E-state index in [4.69, 9.17) is 4.74 Å². The average Bonchev–Trinajstić information content (AvgIpc) is 2.71. The van der Waals surface area contributed by atoms with Gasteiger partial charge >= 0.3 is 0 Å². The molecular weight excluding hydrogens is 169 g/mol. The molecule has 2 aliphatic rings. The number of allylic oxidation sites excluding steroid dienone is 1. The van der Waals surface area contributed by atoms with E-state index >= 15 is 0 Å². The van der Waals surface area contributed by atoms with E-state index in [-0.39, 0.29) is 5.92 Å². The summed E-state index contributed by atoms with van der Waals surface area (Å²) in [5, 5.41) is 3.22. The second-order valence-electron chi connectivity index (χ2n) is 3.75. The predicted octanol–water partition coefficient (Wildman–Crippen LogP) is 1.63. The highest BCUT2D eigenvalue weighted by Gasteiger charge is 2.28. The van der Waals surface area contributed by atoms with E-state index in [1.807, 2.05) is 6.08 Å². The molecule has 2 atom stereocenters. The van der Waals surface area contributed by atoms with E-state index in [2.05, 4.69) is 5.32 Å². The summed E-state index contributed by atoms with van der Waals surface area (Å²) in [6, 6.07) is 0. The molecule has 13 heavy (non-hydrogen) atoms. The molecule has 0 aromatic heterocycles. The Kier molecular flexibility index (Phi) is 2.83. The Bertz CT molecular complexity index is 199. The Morgan fingerprint density at radius 2 is 2.54 bits per heavy atom. The van der Waals surface area contributed by atoms with Crippen LogP contribution in [-0.2, 0) is 4.74 Å². The predicted molar refractivity (Wildman–Crippen MR) is 49.1 cm³/mol. The Balaban J connectivity index is 1.90. The average molecular weight is 185 g/mol. The Hall–Kier alpha value is -0.570. The second kappa shape index (κ2) is 4.09. The van der Waals surface area contributed by atoms with Crippen molar-refractivity contribution in [3.05, 3.63) is 11.8 Å². The molecule has 0 bridgehead atoms. The van der Waals surface area contributed by atoms with Crippen LogP contribution in [0.4, 0.5) is 4.39 Å². The summed E-state index contributed by atoms with van der Waals surface area (Å²) in [6.07, 6.45) is 3.94. The van der Waals surface area contributed by atoms with Gasteiger partial charge in [0.1, 0.15) is 5.76 Å². The van der Waals surface area contributed by atoms with Crippen LogP contribution in [0.25, 0.3) is 0 Å². The number of alkyl halides is 1. The zero-order valence-electron chi connectivity index (χ0n) is 7.76. The molecule has 0 aromatic rings. The lowest BCUT2D eigenvalue weighted by Gasteiger charge is -2.26. The van der Waals surface area contributed by atoms with Crippen molar-refractivity contribution in [1.82, 2.24) is 5.32 Å². The topological polar surface area (TPSA) is 21.3 Å². The molecule has 2 rings (SSSR count). The smallest absolute Gasteiger partial charge is 0.161 e. The molecular formula is C10H16FNO. The first kappa shape index (κ1) is 9.00. The number of hydrogen-bond donors (Lipinski definition) is 1. The van der Waals surface area contributed by atoms with E-state index < -0.39 is 6.17 Å². The van der Waals surface area contributed by atoms with Crippen LogP contribution < -0.4 is 5.32 Å². The highest BCUT2D eigenvalue weighted by molar-refractivity contribution is 5.06. The normalized spacial score (nSPS) is 30.8. The molecule has 2 unspecified atom stereocenters. The van der Waals surface area contributed by atoms with E-state index in [0.717, 1.165) is 32.4 Å². The van der Waals surface area contributed by atoms with Crippen LogP contribution in [0, 0.1) is 5.92 Å². The van der Waals surface area contributed by atoms with Gasteiger partial charge in [-0.1, -0.05) is 0 Å². The van der Waals surface area contributed by atoms with Gasteiger partial charge in [-0.05, 0) is 25.5 Å². The fourth-order valence-electron chi connectivity index (χ4n) is 1.99. The first-order chi connectivity index (χ1) is 6.38. The van der Waals surface area contributed by atoms with E-state index in [1.165, 1.54) is 0 Å². The van der Waals surface area contributed by atoms with Gasteiger partial charge in [-0.25, -0.2) is 4.39 Å². The van der Waals surface area contributed by atoms with Crippen LogP contribution in [0.15, 0.2) is 11.8 Å². The van der Waals surface area contributed by atoms with Crippen molar-refractivity contribution in [2.75, 3.05) is 19.7 Å². The van der Waals surface area contributed by atoms with Crippen molar-refractivity contribution in [2.24, 2.45) is 5.92 Å². The minimum Gasteiger partial charge on any atom is -0.495 e.